The van der Waals surface area contributed by atoms with Gasteiger partial charge in [0.1, 0.15) is 9.31 Å². The fourth-order valence-electron chi connectivity index (χ4n) is 0.375. The van der Waals surface area contributed by atoms with Crippen molar-refractivity contribution >= 4 is 45.9 Å². The molecule has 0 atom stereocenters. The van der Waals surface area contributed by atoms with Crippen LogP contribution in [0, 0.1) is 0 Å². The number of carbonyl (C=O) groups excluding carboxylic acids is 1. The molecule has 0 saturated heterocycles. The molecule has 0 unspecified atom stereocenters. The Kier molecular flexibility index (Phi) is 6.41. The molecule has 5 heteroatoms. The maximum Gasteiger partial charge on any atom is 0.144 e. The summed E-state index contributed by atoms with van der Waals surface area (Å²) < 4.78 is 0.505. The Morgan fingerprint density at radius 1 is 1.70 bits per heavy atom. The van der Waals surface area contributed by atoms with E-state index in [1.807, 2.05) is 0 Å². The van der Waals surface area contributed by atoms with Crippen LogP contribution in [0.2, 0.25) is 0 Å². The minimum Gasteiger partial charge on any atom is -0.330 e. The van der Waals surface area contributed by atoms with Crippen molar-refractivity contribution in [1.29, 1.82) is 0 Å². The van der Waals surface area contributed by atoms with Gasteiger partial charge in [0.15, 0.2) is 0 Å². The standard InChI is InChI=1S/C5H9NOS3/c6-2-1-4(7)3-10-5(8)9/h1-3,6H2,(H,8,9). The molecule has 0 saturated carbocycles. The van der Waals surface area contributed by atoms with E-state index in [1.54, 1.807) is 0 Å². The first-order valence-electron chi connectivity index (χ1n) is 2.74. The van der Waals surface area contributed by atoms with Gasteiger partial charge in [-0.25, -0.2) is 0 Å². The molecule has 2 nitrogen and oxygen atoms in total. The van der Waals surface area contributed by atoms with Gasteiger partial charge < -0.3 is 5.73 Å². The van der Waals surface area contributed by atoms with Crippen LogP contribution in [0.1, 0.15) is 6.42 Å². The Morgan fingerprint density at radius 3 is 2.70 bits per heavy atom. The largest absolute Gasteiger partial charge is 0.330 e. The summed E-state index contributed by atoms with van der Waals surface area (Å²) in [5, 5.41) is 0. The fraction of sp³-hybridized carbons (Fsp3) is 0.600. The minimum atomic E-state index is 0.129. The Morgan fingerprint density at radius 2 is 2.30 bits per heavy atom. The van der Waals surface area contributed by atoms with Crippen LogP contribution in [-0.4, -0.2) is 21.6 Å². The summed E-state index contributed by atoms with van der Waals surface area (Å²) in [5.41, 5.74) is 5.15. The maximum absolute atomic E-state index is 10.8. The minimum absolute atomic E-state index is 0.129. The Hall–Kier alpha value is 0.420. The molecule has 58 valence electrons. The molecule has 2 N–H and O–H groups in total. The van der Waals surface area contributed by atoms with Gasteiger partial charge in [-0.3, -0.25) is 4.79 Å². The number of thiocarbonyl (C=S) groups is 1. The van der Waals surface area contributed by atoms with Crippen LogP contribution in [-0.2, 0) is 4.79 Å². The van der Waals surface area contributed by atoms with Crippen molar-refractivity contribution in [1.82, 2.24) is 0 Å². The third-order valence-electron chi connectivity index (χ3n) is 0.780. The lowest BCUT2D eigenvalue weighted by atomic mass is 10.3. The first kappa shape index (κ1) is 10.4. The van der Waals surface area contributed by atoms with Gasteiger partial charge in [-0.2, -0.15) is 0 Å². The molecule has 0 heterocycles. The third-order valence-corrected chi connectivity index (χ3v) is 2.23. The predicted octanol–water partition coefficient (Wildman–Crippen LogP) is 0.852. The number of thioether (sulfide) groups is 1. The van der Waals surface area contributed by atoms with Crippen LogP contribution in [0.4, 0.5) is 0 Å². The van der Waals surface area contributed by atoms with Crippen LogP contribution in [0.15, 0.2) is 0 Å². The van der Waals surface area contributed by atoms with Gasteiger partial charge in [-0.1, -0.05) is 12.2 Å². The van der Waals surface area contributed by atoms with Crippen LogP contribution in [0.5, 0.6) is 0 Å². The number of hydrogen-bond donors (Lipinski definition) is 2. The van der Waals surface area contributed by atoms with Crippen molar-refractivity contribution in [2.24, 2.45) is 5.73 Å². The molecule has 10 heavy (non-hydrogen) atoms. The first-order chi connectivity index (χ1) is 4.66. The second-order valence-electron chi connectivity index (χ2n) is 1.63. The lowest BCUT2D eigenvalue weighted by molar-refractivity contribution is -0.116. The van der Waals surface area contributed by atoms with Gasteiger partial charge in [0.05, 0.1) is 5.75 Å². The van der Waals surface area contributed by atoms with Crippen molar-refractivity contribution < 1.29 is 4.79 Å². The third kappa shape index (κ3) is 6.54. The smallest absolute Gasteiger partial charge is 0.144 e. The number of Topliss-reactive ketones (excluding diaryl/α,β-unsaturated/α-hetero) is 1. The highest BCUT2D eigenvalue weighted by molar-refractivity contribution is 8.41. The average molecular weight is 195 g/mol. The molecule has 0 amide bonds. The molecule has 0 radical (unpaired) electrons. The summed E-state index contributed by atoms with van der Waals surface area (Å²) in [7, 11) is 0. The topological polar surface area (TPSA) is 43.1 Å². The quantitative estimate of drug-likeness (QED) is 0.515. The highest BCUT2D eigenvalue weighted by Gasteiger charge is 2.00. The Balaban J connectivity index is 3.30. The van der Waals surface area contributed by atoms with Gasteiger partial charge in [0.2, 0.25) is 0 Å². The van der Waals surface area contributed by atoms with Crippen molar-refractivity contribution in [2.75, 3.05) is 12.3 Å². The van der Waals surface area contributed by atoms with Crippen LogP contribution >= 0.6 is 36.6 Å². The van der Waals surface area contributed by atoms with Crippen molar-refractivity contribution in [2.45, 2.75) is 6.42 Å². The molecule has 0 aliphatic rings. The van der Waals surface area contributed by atoms with E-state index in [9.17, 15) is 4.79 Å². The summed E-state index contributed by atoms with van der Waals surface area (Å²) in [5.74, 6) is 0.531. The SMILES string of the molecule is NCCC(=O)CSC(=S)S. The van der Waals surface area contributed by atoms with E-state index in [0.29, 0.717) is 22.2 Å². The summed E-state index contributed by atoms with van der Waals surface area (Å²) in [6.07, 6.45) is 0.434. The lowest BCUT2D eigenvalue weighted by Gasteiger charge is -1.95. The van der Waals surface area contributed by atoms with Crippen LogP contribution in [0.25, 0.3) is 0 Å². The fourth-order valence-corrected chi connectivity index (χ4v) is 1.17. The summed E-state index contributed by atoms with van der Waals surface area (Å²) in [4.78, 5) is 10.8. The number of ketones is 1. The zero-order chi connectivity index (χ0) is 7.98. The van der Waals surface area contributed by atoms with E-state index in [2.05, 4.69) is 24.8 Å². The molecule has 0 aliphatic heterocycles. The molecule has 0 bridgehead atoms. The number of nitrogens with two attached hydrogens (primary N) is 1. The van der Waals surface area contributed by atoms with E-state index in [1.165, 1.54) is 11.8 Å². The number of rotatable bonds is 4. The maximum atomic E-state index is 10.8. The van der Waals surface area contributed by atoms with Crippen LogP contribution < -0.4 is 5.73 Å². The first-order valence-corrected chi connectivity index (χ1v) is 4.58. The monoisotopic (exact) mass is 195 g/mol. The Labute approximate surface area is 75.3 Å². The summed E-state index contributed by atoms with van der Waals surface area (Å²) in [6, 6.07) is 0. The van der Waals surface area contributed by atoms with E-state index in [4.69, 9.17) is 5.73 Å². The van der Waals surface area contributed by atoms with E-state index >= 15 is 0 Å². The van der Waals surface area contributed by atoms with Gasteiger partial charge >= 0.3 is 0 Å². The summed E-state index contributed by atoms with van der Waals surface area (Å²) in [6.45, 7) is 0.415. The predicted molar refractivity (Wildman–Crippen MR) is 52.7 cm³/mol. The summed E-state index contributed by atoms with van der Waals surface area (Å²) >= 11 is 9.76. The number of hydrogen-bond acceptors (Lipinski definition) is 4. The normalized spacial score (nSPS) is 9.40. The molecular weight excluding hydrogens is 186 g/mol. The van der Waals surface area contributed by atoms with Crippen molar-refractivity contribution in [3.8, 4) is 0 Å². The molecular formula is C5H9NOS3. The second-order valence-corrected chi connectivity index (χ2v) is 4.34. The lowest BCUT2D eigenvalue weighted by Crippen LogP contribution is -2.09. The number of thiol groups is 1. The zero-order valence-electron chi connectivity index (χ0n) is 5.37. The highest BCUT2D eigenvalue weighted by Crippen LogP contribution is 2.07. The van der Waals surface area contributed by atoms with E-state index < -0.39 is 0 Å². The van der Waals surface area contributed by atoms with Gasteiger partial charge in [-0.05, 0) is 6.54 Å². The number of carbonyl (C=O) groups is 1. The van der Waals surface area contributed by atoms with Gasteiger partial charge in [-0.15, -0.1) is 24.4 Å². The molecule has 0 aromatic rings. The zero-order valence-corrected chi connectivity index (χ0v) is 7.90. The molecule has 0 aromatic carbocycles. The van der Waals surface area contributed by atoms with Gasteiger partial charge in [0.25, 0.3) is 0 Å². The molecule has 0 fully saturated rings. The molecule has 0 rings (SSSR count). The van der Waals surface area contributed by atoms with E-state index in [0.717, 1.165) is 0 Å². The van der Waals surface area contributed by atoms with E-state index in [-0.39, 0.29) is 5.78 Å². The molecule has 0 aliphatic carbocycles. The van der Waals surface area contributed by atoms with Gasteiger partial charge in [0, 0.05) is 6.42 Å². The Bertz CT molecular complexity index is 137. The van der Waals surface area contributed by atoms with Crippen LogP contribution in [0.3, 0.4) is 0 Å². The molecule has 0 spiro atoms. The second kappa shape index (κ2) is 6.15. The van der Waals surface area contributed by atoms with Crippen molar-refractivity contribution in [3.63, 3.8) is 0 Å². The molecule has 0 aromatic heterocycles. The average Bonchev–Trinajstić information content (AvgIpc) is 1.85. The van der Waals surface area contributed by atoms with Crippen molar-refractivity contribution in [3.05, 3.63) is 0 Å². The highest BCUT2D eigenvalue weighted by atomic mass is 32.2.